The fraction of sp³-hybridized carbons (Fsp3) is 0.455. The zero-order valence-electron chi connectivity index (χ0n) is 8.48. The van der Waals surface area contributed by atoms with E-state index in [-0.39, 0.29) is 12.1 Å². The Bertz CT molecular complexity index is 321. The quantitative estimate of drug-likeness (QED) is 0.733. The molecule has 1 aromatic rings. The summed E-state index contributed by atoms with van der Waals surface area (Å²) in [4.78, 5) is 15.5. The Morgan fingerprint density at radius 1 is 1.33 bits per heavy atom. The first-order valence-electron chi connectivity index (χ1n) is 5.18. The molecule has 0 unspecified atom stereocenters. The normalized spacial score (nSPS) is 17.3. The van der Waals surface area contributed by atoms with Gasteiger partial charge < -0.3 is 10.1 Å². The van der Waals surface area contributed by atoms with Gasteiger partial charge in [0, 0.05) is 12.4 Å². The zero-order valence-corrected chi connectivity index (χ0v) is 8.48. The van der Waals surface area contributed by atoms with Crippen LogP contribution in [0.2, 0.25) is 0 Å². The van der Waals surface area contributed by atoms with Crippen LogP contribution in [0.5, 0.6) is 0 Å². The predicted molar refractivity (Wildman–Crippen MR) is 55.5 cm³/mol. The molecule has 4 nitrogen and oxygen atoms in total. The van der Waals surface area contributed by atoms with Crippen molar-refractivity contribution in [3.8, 4) is 0 Å². The van der Waals surface area contributed by atoms with Crippen LogP contribution in [-0.4, -0.2) is 30.1 Å². The van der Waals surface area contributed by atoms with Crippen LogP contribution in [0.3, 0.4) is 0 Å². The molecule has 0 bridgehead atoms. The molecule has 0 atom stereocenters. The maximum absolute atomic E-state index is 11.6. The number of hydrogen-bond donors (Lipinski definition) is 1. The molecule has 80 valence electrons. The Labute approximate surface area is 88.7 Å². The third-order valence-electron chi connectivity index (χ3n) is 2.48. The van der Waals surface area contributed by atoms with Gasteiger partial charge in [0.15, 0.2) is 0 Å². The van der Waals surface area contributed by atoms with Crippen LogP contribution in [0.4, 0.5) is 0 Å². The van der Waals surface area contributed by atoms with E-state index in [1.54, 1.807) is 24.5 Å². The van der Waals surface area contributed by atoms with E-state index in [4.69, 9.17) is 4.74 Å². The van der Waals surface area contributed by atoms with Gasteiger partial charge in [-0.25, -0.2) is 4.79 Å². The predicted octanol–water partition coefficient (Wildman–Crippen LogP) is 0.990. The molecule has 0 radical (unpaired) electrons. The average molecular weight is 206 g/mol. The van der Waals surface area contributed by atoms with E-state index in [0.29, 0.717) is 5.56 Å². The summed E-state index contributed by atoms with van der Waals surface area (Å²) in [7, 11) is 0. The van der Waals surface area contributed by atoms with E-state index >= 15 is 0 Å². The maximum atomic E-state index is 11.6. The van der Waals surface area contributed by atoms with Gasteiger partial charge in [-0.1, -0.05) is 0 Å². The summed E-state index contributed by atoms with van der Waals surface area (Å²) in [5.74, 6) is -0.246. The lowest BCUT2D eigenvalue weighted by atomic mass is 10.1. The van der Waals surface area contributed by atoms with Gasteiger partial charge in [0.05, 0.1) is 5.56 Å². The zero-order chi connectivity index (χ0) is 10.5. The SMILES string of the molecule is O=C(OC1CCNCC1)c1ccncc1. The van der Waals surface area contributed by atoms with Crippen LogP contribution in [0, 0.1) is 0 Å². The highest BCUT2D eigenvalue weighted by atomic mass is 16.5. The van der Waals surface area contributed by atoms with Crippen molar-refractivity contribution >= 4 is 5.97 Å². The summed E-state index contributed by atoms with van der Waals surface area (Å²) in [5, 5.41) is 3.23. The van der Waals surface area contributed by atoms with E-state index in [1.807, 2.05) is 0 Å². The number of carbonyl (C=O) groups excluding carboxylic acids is 1. The van der Waals surface area contributed by atoms with Crippen LogP contribution in [0.1, 0.15) is 23.2 Å². The Hall–Kier alpha value is -1.42. The Morgan fingerprint density at radius 2 is 2.00 bits per heavy atom. The number of carbonyl (C=O) groups is 1. The highest BCUT2D eigenvalue weighted by Gasteiger charge is 2.17. The van der Waals surface area contributed by atoms with Gasteiger partial charge in [-0.3, -0.25) is 4.98 Å². The molecule has 1 aromatic heterocycles. The molecule has 1 aliphatic heterocycles. The minimum absolute atomic E-state index is 0.0620. The van der Waals surface area contributed by atoms with E-state index in [0.717, 1.165) is 25.9 Å². The minimum atomic E-state index is -0.246. The summed E-state index contributed by atoms with van der Waals surface area (Å²) in [6.45, 7) is 1.85. The lowest BCUT2D eigenvalue weighted by Gasteiger charge is -2.22. The molecule has 0 aromatic carbocycles. The van der Waals surface area contributed by atoms with Gasteiger partial charge in [0.1, 0.15) is 6.10 Å². The van der Waals surface area contributed by atoms with Crippen molar-refractivity contribution in [3.63, 3.8) is 0 Å². The van der Waals surface area contributed by atoms with Crippen LogP contribution >= 0.6 is 0 Å². The van der Waals surface area contributed by atoms with Crippen molar-refractivity contribution in [1.29, 1.82) is 0 Å². The Balaban J connectivity index is 1.91. The number of nitrogens with zero attached hydrogens (tertiary/aromatic N) is 1. The highest BCUT2D eigenvalue weighted by molar-refractivity contribution is 5.89. The molecular formula is C11H14N2O2. The first-order chi connectivity index (χ1) is 7.36. The van der Waals surface area contributed by atoms with Crippen molar-refractivity contribution in [2.45, 2.75) is 18.9 Å². The maximum Gasteiger partial charge on any atom is 0.338 e. The Morgan fingerprint density at radius 3 is 2.67 bits per heavy atom. The number of hydrogen-bond acceptors (Lipinski definition) is 4. The number of aromatic nitrogens is 1. The number of esters is 1. The second kappa shape index (κ2) is 4.89. The number of rotatable bonds is 2. The molecule has 1 aliphatic rings. The molecule has 0 aliphatic carbocycles. The molecule has 15 heavy (non-hydrogen) atoms. The van der Waals surface area contributed by atoms with E-state index in [1.165, 1.54) is 0 Å². The van der Waals surface area contributed by atoms with Crippen LogP contribution in [0.15, 0.2) is 24.5 Å². The molecule has 0 amide bonds. The fourth-order valence-corrected chi connectivity index (χ4v) is 1.62. The number of nitrogens with one attached hydrogen (secondary N) is 1. The smallest absolute Gasteiger partial charge is 0.338 e. The first-order valence-corrected chi connectivity index (χ1v) is 5.18. The van der Waals surface area contributed by atoms with Crippen molar-refractivity contribution in [2.24, 2.45) is 0 Å². The number of piperidine rings is 1. The van der Waals surface area contributed by atoms with Crippen LogP contribution in [-0.2, 0) is 4.74 Å². The van der Waals surface area contributed by atoms with Gasteiger partial charge in [0.25, 0.3) is 0 Å². The van der Waals surface area contributed by atoms with Gasteiger partial charge >= 0.3 is 5.97 Å². The van der Waals surface area contributed by atoms with E-state index in [9.17, 15) is 4.79 Å². The van der Waals surface area contributed by atoms with Crippen molar-refractivity contribution in [3.05, 3.63) is 30.1 Å². The molecule has 2 heterocycles. The summed E-state index contributed by atoms with van der Waals surface area (Å²) < 4.78 is 5.37. The van der Waals surface area contributed by atoms with Crippen molar-refractivity contribution < 1.29 is 9.53 Å². The van der Waals surface area contributed by atoms with Crippen molar-refractivity contribution in [1.82, 2.24) is 10.3 Å². The molecule has 1 N–H and O–H groups in total. The lowest BCUT2D eigenvalue weighted by Crippen LogP contribution is -2.33. The first kappa shape index (κ1) is 10.1. The summed E-state index contributed by atoms with van der Waals surface area (Å²) in [6, 6.07) is 3.34. The second-order valence-corrected chi connectivity index (χ2v) is 3.59. The minimum Gasteiger partial charge on any atom is -0.459 e. The molecular weight excluding hydrogens is 192 g/mol. The molecule has 0 saturated carbocycles. The topological polar surface area (TPSA) is 51.2 Å². The highest BCUT2D eigenvalue weighted by Crippen LogP contribution is 2.10. The van der Waals surface area contributed by atoms with Crippen LogP contribution < -0.4 is 5.32 Å². The Kier molecular flexibility index (Phi) is 3.29. The van der Waals surface area contributed by atoms with Crippen LogP contribution in [0.25, 0.3) is 0 Å². The number of pyridine rings is 1. The third kappa shape index (κ3) is 2.76. The van der Waals surface area contributed by atoms with E-state index in [2.05, 4.69) is 10.3 Å². The molecule has 1 saturated heterocycles. The van der Waals surface area contributed by atoms with Gasteiger partial charge in [-0.15, -0.1) is 0 Å². The largest absolute Gasteiger partial charge is 0.459 e. The van der Waals surface area contributed by atoms with Gasteiger partial charge in [-0.05, 0) is 38.1 Å². The fourth-order valence-electron chi connectivity index (χ4n) is 1.62. The average Bonchev–Trinajstić information content (AvgIpc) is 2.31. The number of ether oxygens (including phenoxy) is 1. The van der Waals surface area contributed by atoms with Gasteiger partial charge in [0.2, 0.25) is 0 Å². The lowest BCUT2D eigenvalue weighted by molar-refractivity contribution is 0.0229. The summed E-state index contributed by atoms with van der Waals surface area (Å²) >= 11 is 0. The summed E-state index contributed by atoms with van der Waals surface area (Å²) in [5.41, 5.74) is 0.573. The van der Waals surface area contributed by atoms with E-state index < -0.39 is 0 Å². The molecule has 4 heteroatoms. The summed E-state index contributed by atoms with van der Waals surface area (Å²) in [6.07, 6.45) is 5.05. The third-order valence-corrected chi connectivity index (χ3v) is 2.48. The molecule has 2 rings (SSSR count). The standard InChI is InChI=1S/C11H14N2O2/c14-11(9-1-5-12-6-2-9)15-10-3-7-13-8-4-10/h1-2,5-6,10,13H,3-4,7-8H2. The second-order valence-electron chi connectivity index (χ2n) is 3.59. The molecule has 1 fully saturated rings. The monoisotopic (exact) mass is 206 g/mol. The van der Waals surface area contributed by atoms with Gasteiger partial charge in [-0.2, -0.15) is 0 Å². The molecule has 0 spiro atoms. The van der Waals surface area contributed by atoms with Crippen molar-refractivity contribution in [2.75, 3.05) is 13.1 Å².